The first kappa shape index (κ1) is 10.8. The standard InChI is InChI=1S/C11H10N2O2/c12-7-9-6-8(4-5-10(9)13)2-1-3-11(14)15/h1-2,4-6H,3,13H2,(H,14,15). The molecule has 0 aromatic heterocycles. The Bertz CT molecular complexity index is 444. The van der Waals surface area contributed by atoms with Crippen LogP contribution in [0, 0.1) is 11.3 Å². The van der Waals surface area contributed by atoms with Gasteiger partial charge >= 0.3 is 5.97 Å². The summed E-state index contributed by atoms with van der Waals surface area (Å²) in [4.78, 5) is 10.2. The number of nitriles is 1. The zero-order chi connectivity index (χ0) is 11.3. The molecule has 0 aliphatic heterocycles. The molecule has 0 bridgehead atoms. The van der Waals surface area contributed by atoms with Crippen molar-refractivity contribution in [2.24, 2.45) is 0 Å². The van der Waals surface area contributed by atoms with Gasteiger partial charge in [0.25, 0.3) is 0 Å². The van der Waals surface area contributed by atoms with Crippen LogP contribution < -0.4 is 5.73 Å². The van der Waals surface area contributed by atoms with E-state index in [1.165, 1.54) is 6.08 Å². The van der Waals surface area contributed by atoms with Crippen molar-refractivity contribution in [1.82, 2.24) is 0 Å². The molecule has 0 aliphatic carbocycles. The highest BCUT2D eigenvalue weighted by Gasteiger charge is 1.97. The first-order valence-electron chi connectivity index (χ1n) is 4.31. The molecule has 0 amide bonds. The lowest BCUT2D eigenvalue weighted by molar-refractivity contribution is -0.135. The molecule has 4 nitrogen and oxygen atoms in total. The van der Waals surface area contributed by atoms with E-state index in [9.17, 15) is 4.79 Å². The Hall–Kier alpha value is -2.28. The lowest BCUT2D eigenvalue weighted by atomic mass is 10.1. The van der Waals surface area contributed by atoms with Crippen molar-refractivity contribution < 1.29 is 9.90 Å². The first-order chi connectivity index (χ1) is 7.13. The summed E-state index contributed by atoms with van der Waals surface area (Å²) < 4.78 is 0. The van der Waals surface area contributed by atoms with Crippen molar-refractivity contribution in [2.75, 3.05) is 5.73 Å². The number of rotatable bonds is 3. The Morgan fingerprint density at radius 2 is 2.33 bits per heavy atom. The molecular formula is C11H10N2O2. The van der Waals surface area contributed by atoms with E-state index in [0.29, 0.717) is 11.3 Å². The van der Waals surface area contributed by atoms with Crippen molar-refractivity contribution >= 4 is 17.7 Å². The molecule has 0 fully saturated rings. The van der Waals surface area contributed by atoms with Gasteiger partial charge in [-0.2, -0.15) is 5.26 Å². The Labute approximate surface area is 87.3 Å². The number of hydrogen-bond acceptors (Lipinski definition) is 3. The third kappa shape index (κ3) is 3.16. The lowest BCUT2D eigenvalue weighted by Crippen LogP contribution is -1.91. The molecule has 0 radical (unpaired) electrons. The van der Waals surface area contributed by atoms with Gasteiger partial charge in [-0.15, -0.1) is 0 Å². The molecule has 0 aliphatic rings. The smallest absolute Gasteiger partial charge is 0.307 e. The molecule has 1 rings (SSSR count). The number of carbonyl (C=O) groups is 1. The van der Waals surface area contributed by atoms with Crippen molar-refractivity contribution in [3.05, 3.63) is 35.4 Å². The van der Waals surface area contributed by atoms with Gasteiger partial charge in [-0.1, -0.05) is 18.2 Å². The number of aliphatic carboxylic acids is 1. The summed E-state index contributed by atoms with van der Waals surface area (Å²) in [7, 11) is 0. The SMILES string of the molecule is N#Cc1cc(C=CCC(=O)O)ccc1N. The van der Waals surface area contributed by atoms with Gasteiger partial charge in [0.15, 0.2) is 0 Å². The molecule has 0 saturated carbocycles. The van der Waals surface area contributed by atoms with Crippen LogP contribution in [0.3, 0.4) is 0 Å². The van der Waals surface area contributed by atoms with Gasteiger partial charge in [0.1, 0.15) is 6.07 Å². The minimum Gasteiger partial charge on any atom is -0.481 e. The van der Waals surface area contributed by atoms with Crippen molar-refractivity contribution in [3.8, 4) is 6.07 Å². The maximum atomic E-state index is 10.2. The molecule has 0 unspecified atom stereocenters. The van der Waals surface area contributed by atoms with Gasteiger partial charge in [-0.05, 0) is 17.7 Å². The van der Waals surface area contributed by atoms with Crippen LogP contribution >= 0.6 is 0 Å². The molecule has 76 valence electrons. The average molecular weight is 202 g/mol. The zero-order valence-electron chi connectivity index (χ0n) is 7.97. The van der Waals surface area contributed by atoms with Gasteiger partial charge in [0.2, 0.25) is 0 Å². The summed E-state index contributed by atoms with van der Waals surface area (Å²) in [5, 5.41) is 17.1. The number of hydrogen-bond donors (Lipinski definition) is 2. The molecule has 3 N–H and O–H groups in total. The fraction of sp³-hybridized carbons (Fsp3) is 0.0909. The number of carboxylic acids is 1. The summed E-state index contributed by atoms with van der Waals surface area (Å²) in [6.45, 7) is 0. The molecule has 0 saturated heterocycles. The van der Waals surface area contributed by atoms with Gasteiger partial charge in [-0.25, -0.2) is 0 Å². The second-order valence-electron chi connectivity index (χ2n) is 2.96. The molecule has 0 heterocycles. The number of nitrogens with zero attached hydrogens (tertiary/aromatic N) is 1. The van der Waals surface area contributed by atoms with Crippen LogP contribution in [-0.2, 0) is 4.79 Å². The minimum absolute atomic E-state index is 0.0355. The van der Waals surface area contributed by atoms with Crippen molar-refractivity contribution in [2.45, 2.75) is 6.42 Å². The fourth-order valence-corrected chi connectivity index (χ4v) is 1.07. The third-order valence-corrected chi connectivity index (χ3v) is 1.80. The number of nitrogens with two attached hydrogens (primary N) is 1. The van der Waals surface area contributed by atoms with Crippen LogP contribution in [0.25, 0.3) is 6.08 Å². The topological polar surface area (TPSA) is 87.1 Å². The first-order valence-corrected chi connectivity index (χ1v) is 4.31. The molecule has 1 aromatic carbocycles. The van der Waals surface area contributed by atoms with E-state index in [1.54, 1.807) is 24.3 Å². The third-order valence-electron chi connectivity index (χ3n) is 1.80. The van der Waals surface area contributed by atoms with Gasteiger partial charge in [-0.3, -0.25) is 4.79 Å². The second-order valence-corrected chi connectivity index (χ2v) is 2.96. The largest absolute Gasteiger partial charge is 0.481 e. The van der Waals surface area contributed by atoms with Crippen LogP contribution in [0.15, 0.2) is 24.3 Å². The Morgan fingerprint density at radius 3 is 2.93 bits per heavy atom. The van der Waals surface area contributed by atoms with Crippen LogP contribution in [0.2, 0.25) is 0 Å². The quantitative estimate of drug-likeness (QED) is 0.729. The summed E-state index contributed by atoms with van der Waals surface area (Å²) >= 11 is 0. The molecule has 0 atom stereocenters. The van der Waals surface area contributed by atoms with Gasteiger partial charge < -0.3 is 10.8 Å². The normalized spacial score (nSPS) is 10.1. The number of nitrogen functional groups attached to an aromatic ring is 1. The van der Waals surface area contributed by atoms with Crippen LogP contribution in [0.5, 0.6) is 0 Å². The highest BCUT2D eigenvalue weighted by Crippen LogP contribution is 2.14. The van der Waals surface area contributed by atoms with E-state index >= 15 is 0 Å². The van der Waals surface area contributed by atoms with E-state index < -0.39 is 5.97 Å². The molecule has 0 spiro atoms. The van der Waals surface area contributed by atoms with Gasteiger partial charge in [0.05, 0.1) is 12.0 Å². The molecule has 1 aromatic rings. The van der Waals surface area contributed by atoms with Crippen molar-refractivity contribution in [3.63, 3.8) is 0 Å². The predicted octanol–water partition coefficient (Wildman–Crippen LogP) is 1.63. The fourth-order valence-electron chi connectivity index (χ4n) is 1.07. The molecule has 15 heavy (non-hydrogen) atoms. The average Bonchev–Trinajstić information content (AvgIpc) is 2.20. The lowest BCUT2D eigenvalue weighted by Gasteiger charge is -1.98. The monoisotopic (exact) mass is 202 g/mol. The maximum absolute atomic E-state index is 10.2. The highest BCUT2D eigenvalue weighted by atomic mass is 16.4. The van der Waals surface area contributed by atoms with Crippen molar-refractivity contribution in [1.29, 1.82) is 5.26 Å². The van der Waals surface area contributed by atoms with E-state index in [0.717, 1.165) is 5.56 Å². The second kappa shape index (κ2) is 4.82. The number of anilines is 1. The van der Waals surface area contributed by atoms with E-state index in [-0.39, 0.29) is 6.42 Å². The highest BCUT2D eigenvalue weighted by molar-refractivity contribution is 5.71. The van der Waals surface area contributed by atoms with E-state index in [1.807, 2.05) is 6.07 Å². The maximum Gasteiger partial charge on any atom is 0.307 e. The van der Waals surface area contributed by atoms with Gasteiger partial charge in [0, 0.05) is 5.69 Å². The van der Waals surface area contributed by atoms with Crippen LogP contribution in [0.4, 0.5) is 5.69 Å². The Balaban J connectivity index is 2.84. The Morgan fingerprint density at radius 1 is 1.60 bits per heavy atom. The Kier molecular flexibility index (Phi) is 3.47. The summed E-state index contributed by atoms with van der Waals surface area (Å²) in [6, 6.07) is 6.93. The summed E-state index contributed by atoms with van der Waals surface area (Å²) in [5.41, 5.74) is 7.12. The van der Waals surface area contributed by atoms with Crippen LogP contribution in [0.1, 0.15) is 17.5 Å². The van der Waals surface area contributed by atoms with E-state index in [2.05, 4.69) is 0 Å². The number of benzene rings is 1. The van der Waals surface area contributed by atoms with E-state index in [4.69, 9.17) is 16.1 Å². The number of carboxylic acid groups (broad SMARTS) is 1. The summed E-state index contributed by atoms with van der Waals surface area (Å²) in [6.07, 6.45) is 3.13. The summed E-state index contributed by atoms with van der Waals surface area (Å²) in [5.74, 6) is -0.887. The zero-order valence-corrected chi connectivity index (χ0v) is 7.97. The predicted molar refractivity (Wildman–Crippen MR) is 56.9 cm³/mol. The molecule has 4 heteroatoms. The minimum atomic E-state index is -0.887. The molecular weight excluding hydrogens is 192 g/mol. The van der Waals surface area contributed by atoms with Crippen LogP contribution in [-0.4, -0.2) is 11.1 Å².